The highest BCUT2D eigenvalue weighted by molar-refractivity contribution is 5.94. The van der Waals surface area contributed by atoms with Crippen molar-refractivity contribution in [3.63, 3.8) is 0 Å². The van der Waals surface area contributed by atoms with Crippen LogP contribution in [0.15, 0.2) is 36.4 Å². The smallest absolute Gasteiger partial charge is 0.253 e. The van der Waals surface area contributed by atoms with Crippen molar-refractivity contribution in [1.82, 2.24) is 10.2 Å². The Hall–Kier alpha value is -2.60. The van der Waals surface area contributed by atoms with Crippen molar-refractivity contribution in [3.05, 3.63) is 58.7 Å². The first-order chi connectivity index (χ1) is 15.7. The van der Waals surface area contributed by atoms with Gasteiger partial charge in [-0.3, -0.25) is 4.79 Å². The van der Waals surface area contributed by atoms with Gasteiger partial charge in [-0.05, 0) is 57.0 Å². The Balaban J connectivity index is 1.20. The molecule has 2 aliphatic heterocycles. The molecule has 1 fully saturated rings. The number of para-hydroxylation sites is 1. The molecule has 33 heavy (non-hydrogen) atoms. The van der Waals surface area contributed by atoms with Crippen LogP contribution in [0.1, 0.15) is 53.7 Å². The quantitative estimate of drug-likeness (QED) is 0.620. The summed E-state index contributed by atoms with van der Waals surface area (Å²) < 4.78 is 27.2. The minimum absolute atomic E-state index is 0.0118. The zero-order chi connectivity index (χ0) is 23.6. The van der Waals surface area contributed by atoms with Crippen molar-refractivity contribution in [1.29, 1.82) is 0 Å². The highest BCUT2D eigenvalue weighted by Gasteiger charge is 2.36. The van der Waals surface area contributed by atoms with Gasteiger partial charge in [-0.25, -0.2) is 4.39 Å². The summed E-state index contributed by atoms with van der Waals surface area (Å²) in [4.78, 5) is 14.6. The van der Waals surface area contributed by atoms with Crippen LogP contribution in [0.4, 0.5) is 4.39 Å². The molecule has 0 saturated carbocycles. The third-order valence-electron chi connectivity index (χ3n) is 6.73. The first-order valence-electron chi connectivity index (χ1n) is 11.9. The molecule has 0 bridgehead atoms. The normalized spacial score (nSPS) is 18.5. The Morgan fingerprint density at radius 1 is 1.15 bits per heavy atom. The largest absolute Gasteiger partial charge is 0.488 e. The number of fused-ring (bicyclic) bond motifs is 1. The van der Waals surface area contributed by atoms with Crippen LogP contribution in [0.25, 0.3) is 0 Å². The maximum Gasteiger partial charge on any atom is 0.253 e. The van der Waals surface area contributed by atoms with Crippen LogP contribution in [0, 0.1) is 13.8 Å². The van der Waals surface area contributed by atoms with Crippen molar-refractivity contribution in [2.75, 3.05) is 32.8 Å². The molecule has 2 aromatic rings. The minimum atomic E-state index is -1.30. The highest BCUT2D eigenvalue weighted by atomic mass is 19.1. The van der Waals surface area contributed by atoms with Crippen molar-refractivity contribution in [3.8, 4) is 11.5 Å². The first-order valence-corrected chi connectivity index (χ1v) is 11.9. The molecular weight excluding hydrogens is 419 g/mol. The van der Waals surface area contributed by atoms with E-state index < -0.39 is 5.67 Å². The van der Waals surface area contributed by atoms with Gasteiger partial charge in [-0.15, -0.1) is 0 Å². The maximum absolute atomic E-state index is 15.3. The fraction of sp³-hybridized carbons (Fsp3) is 0.519. The second-order valence-electron chi connectivity index (χ2n) is 10.1. The number of nitrogens with zero attached hydrogens (tertiary/aromatic N) is 1. The Labute approximate surface area is 196 Å². The van der Waals surface area contributed by atoms with E-state index in [4.69, 9.17) is 9.47 Å². The molecule has 178 valence electrons. The number of amides is 1. The molecule has 0 radical (unpaired) electrons. The molecule has 2 aromatic carbocycles. The van der Waals surface area contributed by atoms with Gasteiger partial charge < -0.3 is 19.7 Å². The summed E-state index contributed by atoms with van der Waals surface area (Å²) in [7, 11) is 0. The van der Waals surface area contributed by atoms with E-state index in [-0.39, 0.29) is 18.1 Å². The molecule has 2 heterocycles. The lowest BCUT2D eigenvalue weighted by atomic mass is 9.92. The fourth-order valence-electron chi connectivity index (χ4n) is 4.59. The fourth-order valence-corrected chi connectivity index (χ4v) is 4.59. The highest BCUT2D eigenvalue weighted by Crippen LogP contribution is 2.41. The third-order valence-corrected chi connectivity index (χ3v) is 6.73. The molecule has 1 N–H and O–H groups in total. The maximum atomic E-state index is 15.3. The average molecular weight is 455 g/mol. The standard InChI is InChI=1S/C27H35FN2O3/c1-19-8-9-21(16-20(19)2)25(31)30-13-10-27(28,11-14-30)18-29-12-15-32-23-7-5-6-22-17-26(3,4)33-24(22)23/h5-9,16,29H,10-15,17-18H2,1-4H3. The Morgan fingerprint density at radius 2 is 1.91 bits per heavy atom. The number of carbonyl (C=O) groups is 1. The molecule has 2 aliphatic rings. The third kappa shape index (κ3) is 5.49. The zero-order valence-corrected chi connectivity index (χ0v) is 20.2. The average Bonchev–Trinajstić information content (AvgIpc) is 3.10. The lowest BCUT2D eigenvalue weighted by Crippen LogP contribution is -2.49. The number of benzene rings is 2. The van der Waals surface area contributed by atoms with Crippen LogP contribution < -0.4 is 14.8 Å². The Bertz CT molecular complexity index is 1010. The van der Waals surface area contributed by atoms with Crippen LogP contribution in [0.5, 0.6) is 11.5 Å². The molecule has 4 rings (SSSR count). The van der Waals surface area contributed by atoms with E-state index in [1.165, 1.54) is 0 Å². The number of hydrogen-bond donors (Lipinski definition) is 1. The van der Waals surface area contributed by atoms with Crippen LogP contribution in [-0.4, -0.2) is 54.9 Å². The molecule has 1 amide bonds. The molecule has 0 aliphatic carbocycles. The SMILES string of the molecule is Cc1ccc(C(=O)N2CCC(F)(CNCCOc3cccc4c3OC(C)(C)C4)CC2)cc1C. The summed E-state index contributed by atoms with van der Waals surface area (Å²) in [5.41, 5.74) is 2.58. The van der Waals surface area contributed by atoms with Gasteiger partial charge in [0.1, 0.15) is 17.9 Å². The van der Waals surface area contributed by atoms with Crippen LogP contribution in [0.2, 0.25) is 0 Å². The van der Waals surface area contributed by atoms with E-state index in [1.807, 2.05) is 44.2 Å². The monoisotopic (exact) mass is 454 g/mol. The van der Waals surface area contributed by atoms with Gasteiger partial charge in [-0.2, -0.15) is 0 Å². The van der Waals surface area contributed by atoms with Crippen LogP contribution >= 0.6 is 0 Å². The molecule has 5 nitrogen and oxygen atoms in total. The molecular formula is C27H35FN2O3. The summed E-state index contributed by atoms with van der Waals surface area (Å²) >= 11 is 0. The van der Waals surface area contributed by atoms with Crippen molar-refractivity contribution < 1.29 is 18.7 Å². The van der Waals surface area contributed by atoms with E-state index in [0.717, 1.165) is 34.6 Å². The Morgan fingerprint density at radius 3 is 2.64 bits per heavy atom. The van der Waals surface area contributed by atoms with E-state index in [1.54, 1.807) is 4.90 Å². The molecule has 0 spiro atoms. The second kappa shape index (κ2) is 9.34. The molecule has 0 unspecified atom stereocenters. The lowest BCUT2D eigenvalue weighted by molar-refractivity contribution is 0.0433. The molecule has 6 heteroatoms. The van der Waals surface area contributed by atoms with Gasteiger partial charge in [-0.1, -0.05) is 18.2 Å². The summed E-state index contributed by atoms with van der Waals surface area (Å²) in [6.07, 6.45) is 1.55. The van der Waals surface area contributed by atoms with Crippen molar-refractivity contribution >= 4 is 5.91 Å². The topological polar surface area (TPSA) is 50.8 Å². The van der Waals surface area contributed by atoms with Gasteiger partial charge in [0.2, 0.25) is 0 Å². The number of nitrogens with one attached hydrogen (secondary N) is 1. The van der Waals surface area contributed by atoms with Crippen molar-refractivity contribution in [2.24, 2.45) is 0 Å². The van der Waals surface area contributed by atoms with E-state index in [0.29, 0.717) is 44.6 Å². The number of alkyl halides is 1. The minimum Gasteiger partial charge on any atom is -0.488 e. The number of carbonyl (C=O) groups excluding carboxylic acids is 1. The van der Waals surface area contributed by atoms with Gasteiger partial charge >= 0.3 is 0 Å². The lowest BCUT2D eigenvalue weighted by Gasteiger charge is -2.36. The summed E-state index contributed by atoms with van der Waals surface area (Å²) in [5, 5.41) is 3.20. The number of rotatable bonds is 7. The summed E-state index contributed by atoms with van der Waals surface area (Å²) in [6, 6.07) is 11.7. The van der Waals surface area contributed by atoms with E-state index >= 15 is 4.39 Å². The number of hydrogen-bond acceptors (Lipinski definition) is 4. The number of aryl methyl sites for hydroxylation is 2. The first kappa shape index (κ1) is 23.6. The number of halogens is 1. The van der Waals surface area contributed by atoms with E-state index in [9.17, 15) is 4.79 Å². The Kier molecular flexibility index (Phi) is 6.66. The number of piperidine rings is 1. The van der Waals surface area contributed by atoms with Gasteiger partial charge in [0.15, 0.2) is 11.5 Å². The number of ether oxygens (including phenoxy) is 2. The van der Waals surface area contributed by atoms with Gasteiger partial charge in [0, 0.05) is 56.6 Å². The summed E-state index contributed by atoms with van der Waals surface area (Å²) in [5.74, 6) is 1.56. The van der Waals surface area contributed by atoms with Gasteiger partial charge in [0.25, 0.3) is 5.91 Å². The van der Waals surface area contributed by atoms with Crippen LogP contribution in [0.3, 0.4) is 0 Å². The predicted molar refractivity (Wildman–Crippen MR) is 128 cm³/mol. The van der Waals surface area contributed by atoms with Crippen molar-refractivity contribution in [2.45, 2.75) is 58.2 Å². The summed E-state index contributed by atoms with van der Waals surface area (Å²) in [6.45, 7) is 10.3. The predicted octanol–water partition coefficient (Wildman–Crippen LogP) is 4.63. The molecule has 0 aromatic heterocycles. The van der Waals surface area contributed by atoms with Gasteiger partial charge in [0.05, 0.1) is 0 Å². The molecule has 1 saturated heterocycles. The second-order valence-corrected chi connectivity index (χ2v) is 10.1. The zero-order valence-electron chi connectivity index (χ0n) is 20.2. The van der Waals surface area contributed by atoms with Crippen LogP contribution in [-0.2, 0) is 6.42 Å². The molecule has 0 atom stereocenters. The van der Waals surface area contributed by atoms with E-state index in [2.05, 4.69) is 25.2 Å². The number of likely N-dealkylation sites (tertiary alicyclic amines) is 1.